The minimum Gasteiger partial charge on any atom is -0.355 e. The second-order valence-electron chi connectivity index (χ2n) is 11.5. The lowest BCUT2D eigenvalue weighted by molar-refractivity contribution is 0.265. The Bertz CT molecular complexity index is 1260. The highest BCUT2D eigenvalue weighted by atomic mass is 15.2. The maximum Gasteiger partial charge on any atom is 0.236 e. The van der Waals surface area contributed by atoms with E-state index in [-0.39, 0.29) is 5.82 Å². The van der Waals surface area contributed by atoms with Gasteiger partial charge in [0.25, 0.3) is 0 Å². The second-order valence-corrected chi connectivity index (χ2v) is 11.5. The fraction of sp³-hybridized carbons (Fsp3) is 0.621. The Labute approximate surface area is 215 Å². The van der Waals surface area contributed by atoms with E-state index in [1.54, 1.807) is 0 Å². The van der Waals surface area contributed by atoms with Crippen molar-refractivity contribution in [3.8, 4) is 17.6 Å². The normalized spacial score (nSPS) is 21.4. The highest BCUT2D eigenvalue weighted by molar-refractivity contribution is 5.87. The number of aromatic nitrogens is 5. The van der Waals surface area contributed by atoms with E-state index in [0.717, 1.165) is 35.3 Å². The van der Waals surface area contributed by atoms with Gasteiger partial charge in [-0.15, -0.1) is 0 Å². The highest BCUT2D eigenvalue weighted by Crippen LogP contribution is 2.38. The SMILES string of the molecule is CC(C)c1ccnc(-c2nc3nc(C#N)nc(N(C)[C@H](C)C4CCC4)c3n2C[C@H]2CC[C@H](C)CC2)c1. The lowest BCUT2D eigenvalue weighted by Crippen LogP contribution is -2.39. The standard InChI is InChI=1S/C29H39N7/c1-18(2)23-13-14-31-24(15-23)28-34-27-26(36(28)17-21-11-9-19(3)10-12-21)29(33-25(16-30)32-27)35(5)20(4)22-7-6-8-22/h13-15,18-22H,6-12,17H2,1-5H3/t19-,20-,21-/m1/s1. The van der Waals surface area contributed by atoms with Gasteiger partial charge in [0.15, 0.2) is 17.3 Å². The van der Waals surface area contributed by atoms with Crippen LogP contribution in [0.15, 0.2) is 18.3 Å². The van der Waals surface area contributed by atoms with Gasteiger partial charge in [0.1, 0.15) is 17.3 Å². The molecule has 0 aliphatic heterocycles. The van der Waals surface area contributed by atoms with Crippen molar-refractivity contribution in [2.24, 2.45) is 17.8 Å². The lowest BCUT2D eigenvalue weighted by Gasteiger charge is -2.38. The summed E-state index contributed by atoms with van der Waals surface area (Å²) in [6.07, 6.45) is 10.7. The van der Waals surface area contributed by atoms with Gasteiger partial charge in [-0.1, -0.05) is 40.0 Å². The van der Waals surface area contributed by atoms with E-state index < -0.39 is 0 Å². The van der Waals surface area contributed by atoms with Gasteiger partial charge in [-0.2, -0.15) is 15.2 Å². The molecule has 0 amide bonds. The summed E-state index contributed by atoms with van der Waals surface area (Å²) < 4.78 is 2.32. The quantitative estimate of drug-likeness (QED) is 0.388. The van der Waals surface area contributed by atoms with E-state index >= 15 is 0 Å². The van der Waals surface area contributed by atoms with Crippen molar-refractivity contribution in [1.29, 1.82) is 5.26 Å². The molecule has 3 aromatic rings. The minimum atomic E-state index is 0.178. The summed E-state index contributed by atoms with van der Waals surface area (Å²) in [6.45, 7) is 9.92. The number of hydrogen-bond acceptors (Lipinski definition) is 6. The van der Waals surface area contributed by atoms with E-state index in [4.69, 9.17) is 15.0 Å². The summed E-state index contributed by atoms with van der Waals surface area (Å²) in [6, 6.07) is 6.75. The Morgan fingerprint density at radius 1 is 1.08 bits per heavy atom. The van der Waals surface area contributed by atoms with Crippen LogP contribution in [0.5, 0.6) is 0 Å². The average Bonchev–Trinajstić information content (AvgIpc) is 3.21. The molecule has 190 valence electrons. The van der Waals surface area contributed by atoms with E-state index in [1.807, 2.05) is 6.20 Å². The summed E-state index contributed by atoms with van der Waals surface area (Å²) in [5.74, 6) is 4.28. The van der Waals surface area contributed by atoms with Crippen molar-refractivity contribution in [3.05, 3.63) is 29.7 Å². The first-order chi connectivity index (χ1) is 17.4. The largest absolute Gasteiger partial charge is 0.355 e. The molecular formula is C29H39N7. The molecule has 0 radical (unpaired) electrons. The number of rotatable bonds is 7. The molecule has 5 rings (SSSR count). The first-order valence-corrected chi connectivity index (χ1v) is 13.7. The van der Waals surface area contributed by atoms with Crippen LogP contribution < -0.4 is 4.90 Å². The molecule has 2 aliphatic carbocycles. The van der Waals surface area contributed by atoms with Gasteiger partial charge in [-0.05, 0) is 74.0 Å². The lowest BCUT2D eigenvalue weighted by atomic mass is 9.80. The molecular weight excluding hydrogens is 446 g/mol. The van der Waals surface area contributed by atoms with E-state index in [1.165, 1.54) is 50.5 Å². The zero-order valence-electron chi connectivity index (χ0n) is 22.4. The fourth-order valence-corrected chi connectivity index (χ4v) is 5.82. The summed E-state index contributed by atoms with van der Waals surface area (Å²) in [5.41, 5.74) is 3.64. The van der Waals surface area contributed by atoms with Gasteiger partial charge >= 0.3 is 0 Å². The van der Waals surface area contributed by atoms with Gasteiger partial charge in [0.05, 0.1) is 0 Å². The first kappa shape index (κ1) is 24.7. The molecule has 0 spiro atoms. The molecule has 2 fully saturated rings. The maximum atomic E-state index is 9.74. The molecule has 1 atom stereocenters. The third-order valence-electron chi connectivity index (χ3n) is 8.72. The van der Waals surface area contributed by atoms with Crippen LogP contribution in [-0.4, -0.2) is 37.6 Å². The van der Waals surface area contributed by atoms with Crippen LogP contribution in [0, 0.1) is 29.1 Å². The molecule has 2 aliphatic rings. The Morgan fingerprint density at radius 3 is 2.47 bits per heavy atom. The van der Waals surface area contributed by atoms with Crippen LogP contribution in [0.3, 0.4) is 0 Å². The van der Waals surface area contributed by atoms with Crippen molar-refractivity contribution in [2.75, 3.05) is 11.9 Å². The molecule has 0 aromatic carbocycles. The highest BCUT2D eigenvalue weighted by Gasteiger charge is 2.31. The van der Waals surface area contributed by atoms with Crippen LogP contribution in [0.25, 0.3) is 22.7 Å². The molecule has 0 bridgehead atoms. The molecule has 0 saturated heterocycles. The van der Waals surface area contributed by atoms with Crippen molar-refractivity contribution in [1.82, 2.24) is 24.5 Å². The maximum absolute atomic E-state index is 9.74. The molecule has 0 unspecified atom stereocenters. The summed E-state index contributed by atoms with van der Waals surface area (Å²) in [4.78, 5) is 21.4. The Hall–Kier alpha value is -3.01. The zero-order valence-corrected chi connectivity index (χ0v) is 22.4. The van der Waals surface area contributed by atoms with E-state index in [9.17, 15) is 5.26 Å². The third-order valence-corrected chi connectivity index (χ3v) is 8.72. The predicted octanol–water partition coefficient (Wildman–Crippen LogP) is 6.33. The minimum absolute atomic E-state index is 0.178. The number of hydrogen-bond donors (Lipinski definition) is 0. The molecule has 36 heavy (non-hydrogen) atoms. The number of fused-ring (bicyclic) bond motifs is 1. The van der Waals surface area contributed by atoms with Gasteiger partial charge in [0.2, 0.25) is 5.82 Å². The summed E-state index contributed by atoms with van der Waals surface area (Å²) >= 11 is 0. The topological polar surface area (TPSA) is 83.5 Å². The van der Waals surface area contributed by atoms with Crippen molar-refractivity contribution < 1.29 is 0 Å². The fourth-order valence-electron chi connectivity index (χ4n) is 5.82. The van der Waals surface area contributed by atoms with Crippen molar-refractivity contribution in [3.63, 3.8) is 0 Å². The Morgan fingerprint density at radius 2 is 1.83 bits per heavy atom. The molecule has 2 saturated carbocycles. The van der Waals surface area contributed by atoms with E-state index in [2.05, 4.69) is 67.4 Å². The average molecular weight is 486 g/mol. The molecule has 7 nitrogen and oxygen atoms in total. The van der Waals surface area contributed by atoms with Gasteiger partial charge in [0, 0.05) is 25.8 Å². The smallest absolute Gasteiger partial charge is 0.236 e. The zero-order chi connectivity index (χ0) is 25.4. The number of nitriles is 1. The second kappa shape index (κ2) is 10.2. The van der Waals surface area contributed by atoms with Gasteiger partial charge in [-0.25, -0.2) is 4.98 Å². The number of nitrogens with zero attached hydrogens (tertiary/aromatic N) is 7. The predicted molar refractivity (Wildman–Crippen MR) is 144 cm³/mol. The van der Waals surface area contributed by atoms with Gasteiger partial charge in [-0.3, -0.25) is 4.98 Å². The number of pyridine rings is 1. The van der Waals surface area contributed by atoms with Crippen LogP contribution in [0.2, 0.25) is 0 Å². The molecule has 3 heterocycles. The monoisotopic (exact) mass is 485 g/mol. The van der Waals surface area contributed by atoms with Crippen LogP contribution in [-0.2, 0) is 6.54 Å². The number of anilines is 1. The van der Waals surface area contributed by atoms with Gasteiger partial charge < -0.3 is 9.47 Å². The summed E-state index contributed by atoms with van der Waals surface area (Å²) in [7, 11) is 2.11. The first-order valence-electron chi connectivity index (χ1n) is 13.7. The third kappa shape index (κ3) is 4.70. The number of imidazole rings is 1. The molecule has 7 heteroatoms. The van der Waals surface area contributed by atoms with Crippen molar-refractivity contribution in [2.45, 2.75) is 91.1 Å². The van der Waals surface area contributed by atoms with E-state index in [0.29, 0.717) is 29.4 Å². The molecule has 0 N–H and O–H groups in total. The molecule has 3 aromatic heterocycles. The van der Waals surface area contributed by atoms with Crippen LogP contribution >= 0.6 is 0 Å². The van der Waals surface area contributed by atoms with Crippen LogP contribution in [0.1, 0.15) is 89.9 Å². The van der Waals surface area contributed by atoms with Crippen molar-refractivity contribution >= 4 is 17.0 Å². The Kier molecular flexibility index (Phi) is 6.96. The summed E-state index contributed by atoms with van der Waals surface area (Å²) in [5, 5.41) is 9.74. The van der Waals surface area contributed by atoms with Crippen LogP contribution in [0.4, 0.5) is 5.82 Å². The Balaban J connectivity index is 1.67.